The third kappa shape index (κ3) is 3.49. The second-order valence-corrected chi connectivity index (χ2v) is 5.86. The summed E-state index contributed by atoms with van der Waals surface area (Å²) in [7, 11) is 0. The van der Waals surface area contributed by atoms with Crippen LogP contribution >= 0.6 is 0 Å². The Kier molecular flexibility index (Phi) is 4.13. The van der Waals surface area contributed by atoms with Gasteiger partial charge in [-0.2, -0.15) is 0 Å². The van der Waals surface area contributed by atoms with E-state index in [1.807, 2.05) is 24.3 Å². The fourth-order valence-electron chi connectivity index (χ4n) is 2.15. The first-order valence-corrected chi connectivity index (χ1v) is 7.20. The van der Waals surface area contributed by atoms with Crippen molar-refractivity contribution in [2.45, 2.75) is 46.1 Å². The topological polar surface area (TPSA) is 41.1 Å². The van der Waals surface area contributed by atoms with E-state index in [-0.39, 0.29) is 5.91 Å². The zero-order chi connectivity index (χ0) is 13.9. The zero-order valence-corrected chi connectivity index (χ0v) is 12.1. The van der Waals surface area contributed by atoms with E-state index < -0.39 is 0 Å². The molecule has 0 bridgehead atoms. The molecule has 1 aliphatic carbocycles. The van der Waals surface area contributed by atoms with Crippen LogP contribution in [0.25, 0.3) is 0 Å². The van der Waals surface area contributed by atoms with Gasteiger partial charge in [0.15, 0.2) is 0 Å². The van der Waals surface area contributed by atoms with Gasteiger partial charge in [0, 0.05) is 23.8 Å². The van der Waals surface area contributed by atoms with Crippen LogP contribution in [0, 0.1) is 5.41 Å². The molecule has 1 aliphatic rings. The van der Waals surface area contributed by atoms with Gasteiger partial charge in [0.2, 0.25) is 0 Å². The highest BCUT2D eigenvalue weighted by atomic mass is 16.1. The Hall–Kier alpha value is -1.51. The molecule has 2 rings (SSSR count). The van der Waals surface area contributed by atoms with Crippen LogP contribution < -0.4 is 10.6 Å². The summed E-state index contributed by atoms with van der Waals surface area (Å²) in [6.07, 6.45) is 3.54. The van der Waals surface area contributed by atoms with Crippen LogP contribution in [0.5, 0.6) is 0 Å². The number of benzene rings is 1. The molecule has 3 heteroatoms. The molecule has 1 unspecified atom stereocenters. The maximum absolute atomic E-state index is 11.9. The van der Waals surface area contributed by atoms with Crippen LogP contribution in [0.3, 0.4) is 0 Å². The number of anilines is 1. The molecule has 1 aromatic rings. The van der Waals surface area contributed by atoms with Gasteiger partial charge in [-0.3, -0.25) is 4.79 Å². The summed E-state index contributed by atoms with van der Waals surface area (Å²) >= 11 is 0. The van der Waals surface area contributed by atoms with Gasteiger partial charge in [0.25, 0.3) is 5.91 Å². The second-order valence-electron chi connectivity index (χ2n) is 5.86. The predicted octanol–water partition coefficient (Wildman–Crippen LogP) is 3.43. The molecule has 0 aliphatic heterocycles. The van der Waals surface area contributed by atoms with Crippen molar-refractivity contribution in [3.63, 3.8) is 0 Å². The lowest BCUT2D eigenvalue weighted by atomic mass is 10.0. The van der Waals surface area contributed by atoms with E-state index in [0.29, 0.717) is 11.5 Å². The number of hydrogen-bond donors (Lipinski definition) is 2. The molecule has 1 atom stereocenters. The van der Waals surface area contributed by atoms with E-state index in [9.17, 15) is 4.79 Å². The third-order valence-electron chi connectivity index (χ3n) is 4.13. The average molecular weight is 260 g/mol. The highest BCUT2D eigenvalue weighted by Gasteiger charge is 2.42. The van der Waals surface area contributed by atoms with Gasteiger partial charge >= 0.3 is 0 Å². The Morgan fingerprint density at radius 2 is 2.16 bits per heavy atom. The first-order valence-electron chi connectivity index (χ1n) is 7.20. The standard InChI is InChI=1S/C16H24N2O/c1-4-10-17-15(19)13-6-5-7-14(11-13)18-12(2)16(3)8-9-16/h5-7,11-12,18H,4,8-10H2,1-3H3,(H,17,19). The van der Waals surface area contributed by atoms with Gasteiger partial charge in [-0.05, 0) is 49.8 Å². The summed E-state index contributed by atoms with van der Waals surface area (Å²) in [5, 5.41) is 6.42. The number of nitrogens with one attached hydrogen (secondary N) is 2. The summed E-state index contributed by atoms with van der Waals surface area (Å²) in [6.45, 7) is 7.31. The molecule has 0 aromatic heterocycles. The average Bonchev–Trinajstić information content (AvgIpc) is 3.16. The van der Waals surface area contributed by atoms with Crippen LogP contribution in [0.2, 0.25) is 0 Å². The second kappa shape index (κ2) is 5.64. The Morgan fingerprint density at radius 1 is 1.42 bits per heavy atom. The minimum Gasteiger partial charge on any atom is -0.382 e. The zero-order valence-electron chi connectivity index (χ0n) is 12.1. The molecular weight excluding hydrogens is 236 g/mol. The lowest BCUT2D eigenvalue weighted by molar-refractivity contribution is 0.0953. The van der Waals surface area contributed by atoms with Crippen LogP contribution in [0.4, 0.5) is 5.69 Å². The summed E-state index contributed by atoms with van der Waals surface area (Å²) in [6, 6.07) is 8.21. The van der Waals surface area contributed by atoms with Crippen molar-refractivity contribution in [3.8, 4) is 0 Å². The van der Waals surface area contributed by atoms with Gasteiger partial charge < -0.3 is 10.6 Å². The fraction of sp³-hybridized carbons (Fsp3) is 0.562. The van der Waals surface area contributed by atoms with Gasteiger partial charge in [-0.15, -0.1) is 0 Å². The van der Waals surface area contributed by atoms with Crippen LogP contribution in [-0.2, 0) is 0 Å². The lowest BCUT2D eigenvalue weighted by Gasteiger charge is -2.21. The third-order valence-corrected chi connectivity index (χ3v) is 4.13. The number of hydrogen-bond acceptors (Lipinski definition) is 2. The molecule has 0 spiro atoms. The van der Waals surface area contributed by atoms with E-state index in [0.717, 1.165) is 24.2 Å². The van der Waals surface area contributed by atoms with E-state index in [4.69, 9.17) is 0 Å². The fourth-order valence-corrected chi connectivity index (χ4v) is 2.15. The number of carbonyl (C=O) groups excluding carboxylic acids is 1. The van der Waals surface area contributed by atoms with E-state index in [1.165, 1.54) is 12.8 Å². The summed E-state index contributed by atoms with van der Waals surface area (Å²) in [4.78, 5) is 11.9. The molecule has 2 N–H and O–H groups in total. The van der Waals surface area contributed by atoms with Gasteiger partial charge in [-0.1, -0.05) is 19.9 Å². The van der Waals surface area contributed by atoms with Gasteiger partial charge in [0.1, 0.15) is 0 Å². The highest BCUT2D eigenvalue weighted by molar-refractivity contribution is 5.95. The summed E-state index contributed by atoms with van der Waals surface area (Å²) < 4.78 is 0. The Labute approximate surface area is 115 Å². The minimum atomic E-state index is 0.00999. The van der Waals surface area contributed by atoms with Crippen molar-refractivity contribution < 1.29 is 4.79 Å². The molecule has 1 fully saturated rings. The number of rotatable bonds is 6. The first-order chi connectivity index (χ1) is 9.05. The van der Waals surface area contributed by atoms with E-state index in [2.05, 4.69) is 31.4 Å². The molecule has 0 saturated heterocycles. The van der Waals surface area contributed by atoms with Crippen LogP contribution in [-0.4, -0.2) is 18.5 Å². The number of amides is 1. The molecule has 3 nitrogen and oxygen atoms in total. The van der Waals surface area contributed by atoms with Crippen molar-refractivity contribution >= 4 is 11.6 Å². The highest BCUT2D eigenvalue weighted by Crippen LogP contribution is 2.48. The largest absolute Gasteiger partial charge is 0.382 e. The Bertz CT molecular complexity index is 452. The van der Waals surface area contributed by atoms with Crippen molar-refractivity contribution in [2.75, 3.05) is 11.9 Å². The van der Waals surface area contributed by atoms with Crippen LogP contribution in [0.1, 0.15) is 50.4 Å². The molecule has 19 heavy (non-hydrogen) atoms. The van der Waals surface area contributed by atoms with Crippen LogP contribution in [0.15, 0.2) is 24.3 Å². The van der Waals surface area contributed by atoms with E-state index >= 15 is 0 Å². The Morgan fingerprint density at radius 3 is 2.79 bits per heavy atom. The van der Waals surface area contributed by atoms with Gasteiger partial charge in [-0.25, -0.2) is 0 Å². The minimum absolute atomic E-state index is 0.00999. The smallest absolute Gasteiger partial charge is 0.251 e. The molecular formula is C16H24N2O. The van der Waals surface area contributed by atoms with Crippen molar-refractivity contribution in [2.24, 2.45) is 5.41 Å². The molecule has 1 amide bonds. The normalized spacial score (nSPS) is 17.6. The molecule has 0 radical (unpaired) electrons. The molecule has 1 saturated carbocycles. The SMILES string of the molecule is CCCNC(=O)c1cccc(NC(C)C2(C)CC2)c1. The number of carbonyl (C=O) groups is 1. The monoisotopic (exact) mass is 260 g/mol. The Balaban J connectivity index is 2.00. The van der Waals surface area contributed by atoms with E-state index in [1.54, 1.807) is 0 Å². The first kappa shape index (κ1) is 13.9. The summed E-state index contributed by atoms with van der Waals surface area (Å²) in [5.74, 6) is 0.00999. The maximum atomic E-state index is 11.9. The van der Waals surface area contributed by atoms with Crippen molar-refractivity contribution in [1.82, 2.24) is 5.32 Å². The molecule has 104 valence electrons. The van der Waals surface area contributed by atoms with Crippen molar-refractivity contribution in [1.29, 1.82) is 0 Å². The molecule has 0 heterocycles. The van der Waals surface area contributed by atoms with Crippen molar-refractivity contribution in [3.05, 3.63) is 29.8 Å². The maximum Gasteiger partial charge on any atom is 0.251 e. The lowest BCUT2D eigenvalue weighted by Crippen LogP contribution is -2.26. The van der Waals surface area contributed by atoms with Gasteiger partial charge in [0.05, 0.1) is 0 Å². The summed E-state index contributed by atoms with van der Waals surface area (Å²) in [5.41, 5.74) is 2.19. The predicted molar refractivity (Wildman–Crippen MR) is 79.5 cm³/mol. The quantitative estimate of drug-likeness (QED) is 0.822. The molecule has 1 aromatic carbocycles.